The standard InChI is InChI=1S/C10H25N3O/c1-12(2)8-9-13(3)7-5-11-6-10-14-4/h11H,5-10H2,1-4H3. The van der Waals surface area contributed by atoms with E-state index in [2.05, 4.69) is 36.3 Å². The maximum absolute atomic E-state index is 4.95. The number of nitrogens with one attached hydrogen (secondary N) is 1. The van der Waals surface area contributed by atoms with Gasteiger partial charge in [-0.1, -0.05) is 0 Å². The molecule has 0 fully saturated rings. The largest absolute Gasteiger partial charge is 0.383 e. The van der Waals surface area contributed by atoms with Gasteiger partial charge in [-0.3, -0.25) is 0 Å². The lowest BCUT2D eigenvalue weighted by molar-refractivity contribution is 0.197. The van der Waals surface area contributed by atoms with Gasteiger partial charge in [-0.25, -0.2) is 0 Å². The Kier molecular flexibility index (Phi) is 9.29. The van der Waals surface area contributed by atoms with Crippen LogP contribution in [0.5, 0.6) is 0 Å². The first kappa shape index (κ1) is 13.8. The number of nitrogens with zero attached hydrogens (tertiary/aromatic N) is 2. The highest BCUT2D eigenvalue weighted by molar-refractivity contribution is 4.56. The molecule has 0 aromatic heterocycles. The third kappa shape index (κ3) is 9.92. The number of hydrogen-bond acceptors (Lipinski definition) is 4. The molecule has 1 N–H and O–H groups in total. The molecule has 14 heavy (non-hydrogen) atoms. The Balaban J connectivity index is 3.14. The van der Waals surface area contributed by atoms with Crippen molar-refractivity contribution < 1.29 is 4.74 Å². The van der Waals surface area contributed by atoms with Gasteiger partial charge in [0.25, 0.3) is 0 Å². The third-order valence-corrected chi connectivity index (χ3v) is 2.08. The molecular weight excluding hydrogens is 178 g/mol. The van der Waals surface area contributed by atoms with Crippen LogP contribution < -0.4 is 5.32 Å². The SMILES string of the molecule is COCCNCCN(C)CCN(C)C. The highest BCUT2D eigenvalue weighted by atomic mass is 16.5. The number of rotatable bonds is 9. The lowest BCUT2D eigenvalue weighted by atomic mass is 10.4. The normalized spacial score (nSPS) is 11.6. The van der Waals surface area contributed by atoms with Gasteiger partial charge in [0.1, 0.15) is 0 Å². The van der Waals surface area contributed by atoms with E-state index in [9.17, 15) is 0 Å². The van der Waals surface area contributed by atoms with E-state index in [1.165, 1.54) is 0 Å². The summed E-state index contributed by atoms with van der Waals surface area (Å²) in [5, 5.41) is 3.32. The Morgan fingerprint density at radius 1 is 1.00 bits per heavy atom. The van der Waals surface area contributed by atoms with Crippen LogP contribution in [0.4, 0.5) is 0 Å². The predicted molar refractivity (Wildman–Crippen MR) is 60.8 cm³/mol. The number of likely N-dealkylation sites (N-methyl/N-ethyl adjacent to an activating group) is 2. The Labute approximate surface area is 88.2 Å². The van der Waals surface area contributed by atoms with E-state index in [1.807, 2.05) is 0 Å². The highest BCUT2D eigenvalue weighted by Crippen LogP contribution is 1.82. The van der Waals surface area contributed by atoms with E-state index in [1.54, 1.807) is 7.11 Å². The molecule has 0 spiro atoms. The first-order valence-electron chi connectivity index (χ1n) is 5.19. The topological polar surface area (TPSA) is 27.7 Å². The minimum absolute atomic E-state index is 0.793. The summed E-state index contributed by atoms with van der Waals surface area (Å²) in [7, 11) is 8.09. The van der Waals surface area contributed by atoms with Crippen molar-refractivity contribution in [3.8, 4) is 0 Å². The van der Waals surface area contributed by atoms with E-state index in [0.717, 1.165) is 39.3 Å². The van der Waals surface area contributed by atoms with Crippen molar-refractivity contribution in [2.45, 2.75) is 0 Å². The molecule has 0 aromatic rings. The lowest BCUT2D eigenvalue weighted by Crippen LogP contribution is -2.34. The van der Waals surface area contributed by atoms with Crippen LogP contribution in [-0.4, -0.2) is 77.4 Å². The zero-order valence-electron chi connectivity index (χ0n) is 10.0. The fraction of sp³-hybridized carbons (Fsp3) is 1.00. The molecule has 86 valence electrons. The minimum Gasteiger partial charge on any atom is -0.383 e. The summed E-state index contributed by atoms with van der Waals surface area (Å²) < 4.78 is 4.95. The van der Waals surface area contributed by atoms with Crippen LogP contribution in [0, 0.1) is 0 Å². The molecule has 0 saturated carbocycles. The summed E-state index contributed by atoms with van der Waals surface area (Å²) in [6.07, 6.45) is 0. The Bertz CT molecular complexity index is 120. The van der Waals surface area contributed by atoms with Crippen LogP contribution in [0.2, 0.25) is 0 Å². The quantitative estimate of drug-likeness (QED) is 0.522. The summed E-state index contributed by atoms with van der Waals surface area (Å²) in [5.41, 5.74) is 0. The van der Waals surface area contributed by atoms with Crippen LogP contribution in [-0.2, 0) is 4.74 Å². The number of ether oxygens (including phenoxy) is 1. The highest BCUT2D eigenvalue weighted by Gasteiger charge is 1.97. The summed E-state index contributed by atoms with van der Waals surface area (Å²) in [4.78, 5) is 4.54. The molecule has 0 atom stereocenters. The fourth-order valence-electron chi connectivity index (χ4n) is 1.05. The van der Waals surface area contributed by atoms with E-state index >= 15 is 0 Å². The zero-order valence-corrected chi connectivity index (χ0v) is 10.0. The first-order chi connectivity index (χ1) is 6.66. The summed E-state index contributed by atoms with van der Waals surface area (Å²) in [5.74, 6) is 0. The minimum atomic E-state index is 0.793. The van der Waals surface area contributed by atoms with E-state index < -0.39 is 0 Å². The molecule has 0 saturated heterocycles. The van der Waals surface area contributed by atoms with Gasteiger partial charge in [0.2, 0.25) is 0 Å². The van der Waals surface area contributed by atoms with Crippen molar-refractivity contribution in [1.82, 2.24) is 15.1 Å². The maximum atomic E-state index is 4.95. The van der Waals surface area contributed by atoms with Crippen LogP contribution in [0.3, 0.4) is 0 Å². The molecule has 0 rings (SSSR count). The second-order valence-corrected chi connectivity index (χ2v) is 3.85. The van der Waals surface area contributed by atoms with E-state index in [4.69, 9.17) is 4.74 Å². The molecule has 0 bridgehead atoms. The van der Waals surface area contributed by atoms with Gasteiger partial charge in [0.05, 0.1) is 6.61 Å². The summed E-state index contributed by atoms with van der Waals surface area (Å²) in [6.45, 7) is 6.11. The van der Waals surface area contributed by atoms with Gasteiger partial charge >= 0.3 is 0 Å². The Morgan fingerprint density at radius 2 is 1.71 bits per heavy atom. The zero-order chi connectivity index (χ0) is 10.8. The first-order valence-corrected chi connectivity index (χ1v) is 5.19. The fourth-order valence-corrected chi connectivity index (χ4v) is 1.05. The van der Waals surface area contributed by atoms with Crippen molar-refractivity contribution in [2.75, 3.05) is 67.6 Å². The number of hydrogen-bond donors (Lipinski definition) is 1. The average Bonchev–Trinajstić information content (AvgIpc) is 2.14. The molecule has 0 aliphatic carbocycles. The predicted octanol–water partition coefficient (Wildman–Crippen LogP) is -0.284. The van der Waals surface area contributed by atoms with Gasteiger partial charge < -0.3 is 19.9 Å². The van der Waals surface area contributed by atoms with Gasteiger partial charge in [0, 0.05) is 39.8 Å². The van der Waals surface area contributed by atoms with Gasteiger partial charge in [-0.05, 0) is 21.1 Å². The summed E-state index contributed by atoms with van der Waals surface area (Å²) >= 11 is 0. The molecule has 0 radical (unpaired) electrons. The molecule has 0 unspecified atom stereocenters. The van der Waals surface area contributed by atoms with Crippen molar-refractivity contribution in [3.05, 3.63) is 0 Å². The second-order valence-electron chi connectivity index (χ2n) is 3.85. The molecule has 0 heterocycles. The molecular formula is C10H25N3O. The van der Waals surface area contributed by atoms with Crippen molar-refractivity contribution >= 4 is 0 Å². The van der Waals surface area contributed by atoms with Crippen LogP contribution in [0.1, 0.15) is 0 Å². The molecule has 0 amide bonds. The van der Waals surface area contributed by atoms with Crippen molar-refractivity contribution in [1.29, 1.82) is 0 Å². The van der Waals surface area contributed by atoms with Gasteiger partial charge in [0.15, 0.2) is 0 Å². The van der Waals surface area contributed by atoms with Crippen LogP contribution >= 0.6 is 0 Å². The van der Waals surface area contributed by atoms with Crippen molar-refractivity contribution in [2.24, 2.45) is 0 Å². The molecule has 0 aromatic carbocycles. The number of methoxy groups -OCH3 is 1. The monoisotopic (exact) mass is 203 g/mol. The molecule has 4 nitrogen and oxygen atoms in total. The van der Waals surface area contributed by atoms with E-state index in [0.29, 0.717) is 0 Å². The third-order valence-electron chi connectivity index (χ3n) is 2.08. The maximum Gasteiger partial charge on any atom is 0.0587 e. The molecule has 0 aliphatic rings. The van der Waals surface area contributed by atoms with Crippen LogP contribution in [0.15, 0.2) is 0 Å². The smallest absolute Gasteiger partial charge is 0.0587 e. The summed E-state index contributed by atoms with van der Waals surface area (Å²) in [6, 6.07) is 0. The van der Waals surface area contributed by atoms with Gasteiger partial charge in [-0.2, -0.15) is 0 Å². The lowest BCUT2D eigenvalue weighted by Gasteiger charge is -2.19. The average molecular weight is 203 g/mol. The Morgan fingerprint density at radius 3 is 2.29 bits per heavy atom. The van der Waals surface area contributed by atoms with Gasteiger partial charge in [-0.15, -0.1) is 0 Å². The van der Waals surface area contributed by atoms with Crippen molar-refractivity contribution in [3.63, 3.8) is 0 Å². The molecule has 0 aliphatic heterocycles. The Hall–Kier alpha value is -0.160. The second kappa shape index (κ2) is 9.40. The molecule has 4 heteroatoms. The van der Waals surface area contributed by atoms with E-state index in [-0.39, 0.29) is 0 Å². The van der Waals surface area contributed by atoms with Crippen LogP contribution in [0.25, 0.3) is 0 Å².